The molecule has 5 nitrogen and oxygen atoms in total. The first kappa shape index (κ1) is 15.4. The van der Waals surface area contributed by atoms with Gasteiger partial charge in [0.05, 0.1) is 0 Å². The Hall–Kier alpha value is -1.17. The van der Waals surface area contributed by atoms with Gasteiger partial charge in [0.15, 0.2) is 0 Å². The Kier molecular flexibility index (Phi) is 4.78. The quantitative estimate of drug-likeness (QED) is 0.893. The van der Waals surface area contributed by atoms with Crippen LogP contribution in [0.25, 0.3) is 0 Å². The molecular formula is C18H29N5. The van der Waals surface area contributed by atoms with E-state index in [1.54, 1.807) is 0 Å². The van der Waals surface area contributed by atoms with Gasteiger partial charge in [-0.3, -0.25) is 4.90 Å². The molecule has 0 amide bonds. The monoisotopic (exact) mass is 315 g/mol. The van der Waals surface area contributed by atoms with Crippen molar-refractivity contribution >= 4 is 5.82 Å². The zero-order chi connectivity index (χ0) is 15.5. The van der Waals surface area contributed by atoms with Crippen LogP contribution in [-0.4, -0.2) is 79.7 Å². The topological polar surface area (TPSA) is 34.6 Å². The van der Waals surface area contributed by atoms with Crippen molar-refractivity contribution in [2.75, 3.05) is 63.8 Å². The molecule has 0 bridgehead atoms. The summed E-state index contributed by atoms with van der Waals surface area (Å²) in [6, 6.07) is 7.02. The van der Waals surface area contributed by atoms with E-state index >= 15 is 0 Å². The summed E-state index contributed by atoms with van der Waals surface area (Å²) >= 11 is 0. The molecule has 1 aromatic rings. The highest BCUT2D eigenvalue weighted by atomic mass is 15.3. The first-order valence-electron chi connectivity index (χ1n) is 9.21. The van der Waals surface area contributed by atoms with Crippen molar-refractivity contribution in [2.24, 2.45) is 5.92 Å². The van der Waals surface area contributed by atoms with E-state index < -0.39 is 0 Å². The van der Waals surface area contributed by atoms with Crippen LogP contribution in [0, 0.1) is 5.92 Å². The fourth-order valence-corrected chi connectivity index (χ4v) is 4.26. The van der Waals surface area contributed by atoms with Gasteiger partial charge in [-0.05, 0) is 38.1 Å². The summed E-state index contributed by atoms with van der Waals surface area (Å²) in [6.07, 6.45) is 4.56. The van der Waals surface area contributed by atoms with E-state index in [-0.39, 0.29) is 0 Å². The molecule has 3 aliphatic heterocycles. The maximum absolute atomic E-state index is 4.44. The van der Waals surface area contributed by atoms with Crippen LogP contribution in [-0.2, 0) is 0 Å². The minimum Gasteiger partial charge on any atom is -0.356 e. The number of nitrogens with zero attached hydrogens (tertiary/aromatic N) is 4. The lowest BCUT2D eigenvalue weighted by atomic mass is 9.98. The zero-order valence-corrected chi connectivity index (χ0v) is 14.0. The predicted molar refractivity (Wildman–Crippen MR) is 93.8 cm³/mol. The third-order valence-electron chi connectivity index (χ3n) is 5.68. The third-order valence-corrected chi connectivity index (χ3v) is 5.68. The van der Waals surface area contributed by atoms with Gasteiger partial charge in [-0.1, -0.05) is 6.07 Å². The molecule has 4 heterocycles. The standard InChI is InChI=1S/C18H29N5/c1-2-6-20-18(3-1)23-14-16(15-23)13-21-9-11-22(12-10-21)17-4-7-19-8-5-17/h1-3,6,16-17,19H,4-5,7-15H2. The van der Waals surface area contributed by atoms with Crippen molar-refractivity contribution in [3.63, 3.8) is 0 Å². The van der Waals surface area contributed by atoms with Crippen molar-refractivity contribution in [2.45, 2.75) is 18.9 Å². The van der Waals surface area contributed by atoms with Crippen LogP contribution in [0.15, 0.2) is 24.4 Å². The minimum atomic E-state index is 0.822. The Morgan fingerprint density at radius 2 is 1.83 bits per heavy atom. The first-order chi connectivity index (χ1) is 11.4. The summed E-state index contributed by atoms with van der Waals surface area (Å²) in [7, 11) is 0. The lowest BCUT2D eigenvalue weighted by Gasteiger charge is -2.45. The van der Waals surface area contributed by atoms with E-state index in [2.05, 4.69) is 37.1 Å². The predicted octanol–water partition coefficient (Wildman–Crippen LogP) is 0.887. The number of rotatable bonds is 4. The summed E-state index contributed by atoms with van der Waals surface area (Å²) in [6.45, 7) is 11.1. The molecule has 23 heavy (non-hydrogen) atoms. The van der Waals surface area contributed by atoms with Gasteiger partial charge in [0.25, 0.3) is 0 Å². The summed E-state index contributed by atoms with van der Waals surface area (Å²) in [5, 5.41) is 3.47. The lowest BCUT2D eigenvalue weighted by molar-refractivity contribution is 0.0707. The van der Waals surface area contributed by atoms with Crippen LogP contribution in [0.4, 0.5) is 5.82 Å². The molecule has 126 valence electrons. The molecule has 3 saturated heterocycles. The van der Waals surface area contributed by atoms with Gasteiger partial charge < -0.3 is 15.1 Å². The molecule has 0 radical (unpaired) electrons. The summed E-state index contributed by atoms with van der Waals surface area (Å²) < 4.78 is 0. The highest BCUT2D eigenvalue weighted by molar-refractivity contribution is 5.40. The molecule has 1 aromatic heterocycles. The van der Waals surface area contributed by atoms with Gasteiger partial charge in [0, 0.05) is 64.0 Å². The number of piperidine rings is 1. The third kappa shape index (κ3) is 3.67. The Morgan fingerprint density at radius 1 is 1.04 bits per heavy atom. The molecule has 0 atom stereocenters. The summed E-state index contributed by atoms with van der Waals surface area (Å²) in [5.41, 5.74) is 0. The van der Waals surface area contributed by atoms with Crippen molar-refractivity contribution < 1.29 is 0 Å². The second-order valence-corrected chi connectivity index (χ2v) is 7.28. The summed E-state index contributed by atoms with van der Waals surface area (Å²) in [5.74, 6) is 1.96. The Morgan fingerprint density at radius 3 is 2.52 bits per heavy atom. The van der Waals surface area contributed by atoms with Gasteiger partial charge >= 0.3 is 0 Å². The average molecular weight is 315 g/mol. The lowest BCUT2D eigenvalue weighted by Crippen LogP contribution is -2.57. The van der Waals surface area contributed by atoms with Gasteiger partial charge in [-0.2, -0.15) is 0 Å². The normalized spacial score (nSPS) is 25.5. The van der Waals surface area contributed by atoms with Crippen LogP contribution in [0.5, 0.6) is 0 Å². The fourth-order valence-electron chi connectivity index (χ4n) is 4.26. The number of hydrogen-bond acceptors (Lipinski definition) is 5. The molecule has 0 aliphatic carbocycles. The van der Waals surface area contributed by atoms with Crippen LogP contribution in [0.1, 0.15) is 12.8 Å². The highest BCUT2D eigenvalue weighted by Crippen LogP contribution is 2.23. The Bertz CT molecular complexity index is 473. The summed E-state index contributed by atoms with van der Waals surface area (Å²) in [4.78, 5) is 12.3. The van der Waals surface area contributed by atoms with E-state index in [1.807, 2.05) is 12.3 Å². The average Bonchev–Trinajstić information content (AvgIpc) is 2.60. The molecule has 0 aromatic carbocycles. The maximum Gasteiger partial charge on any atom is 0.128 e. The van der Waals surface area contributed by atoms with Crippen LogP contribution in [0.2, 0.25) is 0 Å². The molecule has 0 unspecified atom stereocenters. The van der Waals surface area contributed by atoms with Crippen molar-refractivity contribution in [1.82, 2.24) is 20.1 Å². The van der Waals surface area contributed by atoms with Crippen molar-refractivity contribution in [1.29, 1.82) is 0 Å². The van der Waals surface area contributed by atoms with Crippen LogP contribution < -0.4 is 10.2 Å². The van der Waals surface area contributed by atoms with Crippen molar-refractivity contribution in [3.8, 4) is 0 Å². The molecule has 3 aliphatic rings. The van der Waals surface area contributed by atoms with Gasteiger partial charge in [-0.15, -0.1) is 0 Å². The SMILES string of the molecule is c1ccc(N2CC(CN3CCN(C4CCNCC4)CC3)C2)nc1. The van der Waals surface area contributed by atoms with E-state index in [1.165, 1.54) is 71.7 Å². The molecule has 1 N–H and O–H groups in total. The fraction of sp³-hybridized carbons (Fsp3) is 0.722. The van der Waals surface area contributed by atoms with Gasteiger partial charge in [-0.25, -0.2) is 4.98 Å². The Labute approximate surface area is 139 Å². The second-order valence-electron chi connectivity index (χ2n) is 7.28. The van der Waals surface area contributed by atoms with E-state index in [0.29, 0.717) is 0 Å². The maximum atomic E-state index is 4.44. The molecular weight excluding hydrogens is 286 g/mol. The molecule has 3 fully saturated rings. The smallest absolute Gasteiger partial charge is 0.128 e. The Balaban J connectivity index is 1.18. The van der Waals surface area contributed by atoms with Crippen LogP contribution in [0.3, 0.4) is 0 Å². The molecule has 5 heteroatoms. The van der Waals surface area contributed by atoms with E-state index in [9.17, 15) is 0 Å². The molecule has 0 saturated carbocycles. The number of piperazine rings is 1. The largest absolute Gasteiger partial charge is 0.356 e. The second kappa shape index (κ2) is 7.16. The highest BCUT2D eigenvalue weighted by Gasteiger charge is 2.31. The van der Waals surface area contributed by atoms with Crippen LogP contribution >= 0.6 is 0 Å². The number of hydrogen-bond donors (Lipinski definition) is 1. The first-order valence-corrected chi connectivity index (χ1v) is 9.21. The van der Waals surface area contributed by atoms with Gasteiger partial charge in [0.2, 0.25) is 0 Å². The zero-order valence-electron chi connectivity index (χ0n) is 14.0. The minimum absolute atomic E-state index is 0.822. The number of pyridine rings is 1. The number of anilines is 1. The van der Waals surface area contributed by atoms with Gasteiger partial charge in [0.1, 0.15) is 5.82 Å². The molecule has 0 spiro atoms. The number of aromatic nitrogens is 1. The number of nitrogens with one attached hydrogen (secondary N) is 1. The van der Waals surface area contributed by atoms with Crippen molar-refractivity contribution in [3.05, 3.63) is 24.4 Å². The molecule has 4 rings (SSSR count). The van der Waals surface area contributed by atoms with E-state index in [4.69, 9.17) is 0 Å². The van der Waals surface area contributed by atoms with E-state index in [0.717, 1.165) is 17.8 Å².